The molecule has 2 aliphatic heterocycles. The van der Waals surface area contributed by atoms with Crippen LogP contribution in [0.15, 0.2) is 41.6 Å². The third kappa shape index (κ3) is 2.51. The van der Waals surface area contributed by atoms with Crippen molar-refractivity contribution in [1.82, 2.24) is 10.2 Å². The van der Waals surface area contributed by atoms with E-state index in [9.17, 15) is 19.2 Å². The fourth-order valence-corrected chi connectivity index (χ4v) is 3.07. The molecule has 2 amide bonds. The highest BCUT2D eigenvalue weighted by Gasteiger charge is 2.56. The number of carboxylic acid groups (broad SMARTS) is 2. The van der Waals surface area contributed by atoms with E-state index in [4.69, 9.17) is 10.2 Å². The number of carbonyl (C=O) groups is 4. The van der Waals surface area contributed by atoms with E-state index in [2.05, 4.69) is 5.32 Å². The van der Waals surface area contributed by atoms with Gasteiger partial charge in [0.15, 0.2) is 0 Å². The molecule has 2 aliphatic rings. The molecule has 1 saturated heterocycles. The highest BCUT2D eigenvalue weighted by Crippen LogP contribution is 2.38. The Kier molecular flexibility index (Phi) is 3.80. The van der Waals surface area contributed by atoms with Gasteiger partial charge in [0.05, 0.1) is 18.0 Å². The minimum atomic E-state index is -1.46. The van der Waals surface area contributed by atoms with E-state index in [1.165, 1.54) is 0 Å². The molecule has 2 heterocycles. The second kappa shape index (κ2) is 5.80. The Labute approximate surface area is 136 Å². The Bertz CT molecular complexity index is 770. The molecule has 2 atom stereocenters. The van der Waals surface area contributed by atoms with Gasteiger partial charge in [0, 0.05) is 6.42 Å². The summed E-state index contributed by atoms with van der Waals surface area (Å²) in [5.41, 5.74) is -0.0488. The summed E-state index contributed by atoms with van der Waals surface area (Å²) in [7, 11) is 0. The first-order valence-electron chi connectivity index (χ1n) is 7.26. The summed E-state index contributed by atoms with van der Waals surface area (Å²) in [6.07, 6.45) is -0.0126. The van der Waals surface area contributed by atoms with Gasteiger partial charge < -0.3 is 15.5 Å². The highest BCUT2D eigenvalue weighted by atomic mass is 16.4. The number of β-lactam (4-membered cyclic amide) rings is 1. The largest absolute Gasteiger partial charge is 0.478 e. The van der Waals surface area contributed by atoms with Crippen LogP contribution in [0.25, 0.3) is 0 Å². The minimum absolute atomic E-state index is 0.0857. The number of carbonyl (C=O) groups excluding carboxylic acids is 2. The van der Waals surface area contributed by atoms with Crippen LogP contribution in [0.1, 0.15) is 12.0 Å². The molecule has 3 N–H and O–H groups in total. The van der Waals surface area contributed by atoms with E-state index >= 15 is 0 Å². The van der Waals surface area contributed by atoms with Crippen molar-refractivity contribution in [3.63, 3.8) is 0 Å². The number of carboxylic acids is 2. The van der Waals surface area contributed by atoms with E-state index in [1.54, 1.807) is 24.3 Å². The van der Waals surface area contributed by atoms with Crippen LogP contribution in [-0.4, -0.2) is 50.9 Å². The maximum Gasteiger partial charge on any atom is 0.353 e. The van der Waals surface area contributed by atoms with E-state index < -0.39 is 35.6 Å². The van der Waals surface area contributed by atoms with Gasteiger partial charge in [-0.3, -0.25) is 14.5 Å². The summed E-state index contributed by atoms with van der Waals surface area (Å²) in [5, 5.41) is 20.8. The zero-order valence-electron chi connectivity index (χ0n) is 12.4. The second-order valence-electron chi connectivity index (χ2n) is 5.62. The lowest BCUT2D eigenvalue weighted by Crippen LogP contribution is -2.68. The van der Waals surface area contributed by atoms with Crippen LogP contribution in [0.4, 0.5) is 0 Å². The number of amides is 2. The minimum Gasteiger partial charge on any atom is -0.478 e. The number of nitrogens with zero attached hydrogens (tertiary/aromatic N) is 1. The van der Waals surface area contributed by atoms with Crippen molar-refractivity contribution in [2.24, 2.45) is 0 Å². The summed E-state index contributed by atoms with van der Waals surface area (Å²) in [6.45, 7) is 0. The monoisotopic (exact) mass is 330 g/mol. The molecule has 1 aromatic carbocycles. The smallest absolute Gasteiger partial charge is 0.353 e. The fraction of sp³-hybridized carbons (Fsp3) is 0.250. The molecular weight excluding hydrogens is 316 g/mol. The van der Waals surface area contributed by atoms with E-state index in [0.717, 1.165) is 10.5 Å². The van der Waals surface area contributed by atoms with Crippen molar-refractivity contribution in [2.45, 2.75) is 24.9 Å². The molecule has 3 rings (SSSR count). The second-order valence-corrected chi connectivity index (χ2v) is 5.62. The number of hydrogen-bond acceptors (Lipinski definition) is 4. The number of fused-ring (bicyclic) bond motifs is 1. The fourth-order valence-electron chi connectivity index (χ4n) is 3.07. The maximum atomic E-state index is 12.1. The van der Waals surface area contributed by atoms with Crippen LogP contribution in [0, 0.1) is 0 Å². The van der Waals surface area contributed by atoms with Crippen molar-refractivity contribution >= 4 is 23.8 Å². The lowest BCUT2D eigenvalue weighted by Gasteiger charge is -2.43. The van der Waals surface area contributed by atoms with E-state index in [1.807, 2.05) is 6.07 Å². The van der Waals surface area contributed by atoms with Gasteiger partial charge in [-0.15, -0.1) is 0 Å². The molecule has 0 aliphatic carbocycles. The molecule has 8 heteroatoms. The van der Waals surface area contributed by atoms with Gasteiger partial charge in [-0.05, 0) is 5.56 Å². The van der Waals surface area contributed by atoms with Crippen molar-refractivity contribution in [1.29, 1.82) is 0 Å². The van der Waals surface area contributed by atoms with Gasteiger partial charge in [-0.25, -0.2) is 9.59 Å². The van der Waals surface area contributed by atoms with Gasteiger partial charge in [0.1, 0.15) is 11.7 Å². The number of rotatable bonds is 5. The molecule has 1 aromatic rings. The molecule has 0 unspecified atom stereocenters. The van der Waals surface area contributed by atoms with Crippen LogP contribution in [0.5, 0.6) is 0 Å². The molecule has 24 heavy (non-hydrogen) atoms. The van der Waals surface area contributed by atoms with Crippen molar-refractivity contribution < 1.29 is 29.4 Å². The third-order valence-electron chi connectivity index (χ3n) is 4.14. The first-order chi connectivity index (χ1) is 11.4. The van der Waals surface area contributed by atoms with Gasteiger partial charge in [0.2, 0.25) is 5.91 Å². The molecule has 0 radical (unpaired) electrons. The Hall–Kier alpha value is -3.16. The average molecular weight is 330 g/mol. The van der Waals surface area contributed by atoms with Gasteiger partial charge in [-0.1, -0.05) is 30.3 Å². The van der Waals surface area contributed by atoms with Gasteiger partial charge >= 0.3 is 11.9 Å². The normalized spacial score (nSPS) is 22.0. The number of hydrogen-bond donors (Lipinski definition) is 3. The zero-order valence-corrected chi connectivity index (χ0v) is 12.4. The summed E-state index contributed by atoms with van der Waals surface area (Å²) in [6, 6.07) is 7.39. The highest BCUT2D eigenvalue weighted by molar-refractivity contribution is 6.07. The van der Waals surface area contributed by atoms with Crippen molar-refractivity contribution in [3.05, 3.63) is 47.2 Å². The Morgan fingerprint density at radius 1 is 1.12 bits per heavy atom. The first-order valence-corrected chi connectivity index (χ1v) is 7.26. The van der Waals surface area contributed by atoms with Crippen LogP contribution < -0.4 is 5.32 Å². The molecule has 0 aromatic heterocycles. The standard InChI is InChI=1S/C16H14N2O6/c19-11(6-8-4-2-1-3-5-8)17-12-10-7-9(15(21)22)13(16(23)24)18(10)14(12)20/h1-5,10,12H,6-7H2,(H,17,19)(H,21,22)(H,23,24)/t10-,12+/m1/s1. The molecule has 0 bridgehead atoms. The predicted molar refractivity (Wildman–Crippen MR) is 79.6 cm³/mol. The quantitative estimate of drug-likeness (QED) is 0.640. The lowest BCUT2D eigenvalue weighted by molar-refractivity contribution is -0.152. The summed E-state index contributed by atoms with van der Waals surface area (Å²) in [5.74, 6) is -3.81. The zero-order chi connectivity index (χ0) is 17.4. The van der Waals surface area contributed by atoms with Crippen LogP contribution >= 0.6 is 0 Å². The van der Waals surface area contributed by atoms with E-state index in [-0.39, 0.29) is 24.3 Å². The van der Waals surface area contributed by atoms with Gasteiger partial charge in [-0.2, -0.15) is 0 Å². The molecule has 0 saturated carbocycles. The van der Waals surface area contributed by atoms with Crippen LogP contribution in [0.3, 0.4) is 0 Å². The Morgan fingerprint density at radius 2 is 1.79 bits per heavy atom. The van der Waals surface area contributed by atoms with E-state index in [0.29, 0.717) is 0 Å². The number of nitrogens with one attached hydrogen (secondary N) is 1. The Balaban J connectivity index is 1.69. The topological polar surface area (TPSA) is 124 Å². The van der Waals surface area contributed by atoms with Crippen LogP contribution in [0.2, 0.25) is 0 Å². The molecular formula is C16H14N2O6. The molecule has 124 valence electrons. The van der Waals surface area contributed by atoms with Gasteiger partial charge in [0.25, 0.3) is 5.91 Å². The number of benzene rings is 1. The maximum absolute atomic E-state index is 12.1. The first kappa shape index (κ1) is 15.7. The predicted octanol–water partition coefficient (Wildman–Crippen LogP) is -0.248. The Morgan fingerprint density at radius 3 is 2.38 bits per heavy atom. The molecule has 8 nitrogen and oxygen atoms in total. The molecule has 0 spiro atoms. The summed E-state index contributed by atoms with van der Waals surface area (Å²) in [4.78, 5) is 47.5. The SMILES string of the molecule is O=C(Cc1ccccc1)N[C@@H]1C(=O)N2C(C(=O)O)=C(C(=O)O)C[C@H]12. The lowest BCUT2D eigenvalue weighted by atomic mass is 9.93. The summed E-state index contributed by atoms with van der Waals surface area (Å²) < 4.78 is 0. The summed E-state index contributed by atoms with van der Waals surface area (Å²) >= 11 is 0. The third-order valence-corrected chi connectivity index (χ3v) is 4.14. The molecule has 1 fully saturated rings. The number of aliphatic carboxylic acids is 2. The van der Waals surface area contributed by atoms with Crippen molar-refractivity contribution in [3.8, 4) is 0 Å². The average Bonchev–Trinajstić information content (AvgIpc) is 2.90. The van der Waals surface area contributed by atoms with Crippen LogP contribution in [-0.2, 0) is 25.6 Å². The van der Waals surface area contributed by atoms with Crippen molar-refractivity contribution in [2.75, 3.05) is 0 Å².